The lowest BCUT2D eigenvalue weighted by atomic mass is 10.5. The van der Waals surface area contributed by atoms with Crippen LogP contribution in [0.15, 0.2) is 17.3 Å². The summed E-state index contributed by atoms with van der Waals surface area (Å²) in [6, 6.07) is 1.71. The van der Waals surface area contributed by atoms with Crippen LogP contribution in [0, 0.1) is 0 Å². The van der Waals surface area contributed by atoms with Crippen molar-refractivity contribution in [3.8, 4) is 0 Å². The Morgan fingerprint density at radius 1 is 1.60 bits per heavy atom. The average Bonchev–Trinajstić information content (AvgIpc) is 2.86. The Hall–Kier alpha value is -0.880. The molecule has 5 nitrogen and oxygen atoms in total. The minimum absolute atomic E-state index is 0.197. The normalized spacial score (nSPS) is 17.2. The van der Waals surface area contributed by atoms with Crippen LogP contribution < -0.4 is 0 Å². The summed E-state index contributed by atoms with van der Waals surface area (Å²) >= 11 is 0. The SMILES string of the molecule is CCCN(C1CC1)S(=O)(=O)c1ccn[nH]1. The molecule has 6 heteroatoms. The molecule has 84 valence electrons. The lowest BCUT2D eigenvalue weighted by Gasteiger charge is -2.19. The number of hydrogen-bond donors (Lipinski definition) is 1. The molecule has 0 aliphatic heterocycles. The molecule has 1 heterocycles. The second-order valence-corrected chi connectivity index (χ2v) is 5.63. The number of aromatic nitrogens is 2. The Labute approximate surface area is 89.5 Å². The van der Waals surface area contributed by atoms with E-state index in [1.54, 1.807) is 4.31 Å². The highest BCUT2D eigenvalue weighted by molar-refractivity contribution is 7.89. The molecule has 15 heavy (non-hydrogen) atoms. The second-order valence-electron chi connectivity index (χ2n) is 3.77. The number of aromatic amines is 1. The predicted molar refractivity (Wildman–Crippen MR) is 55.8 cm³/mol. The molecule has 1 aliphatic carbocycles. The molecule has 1 aromatic heterocycles. The van der Waals surface area contributed by atoms with E-state index in [0.717, 1.165) is 19.3 Å². The third kappa shape index (κ3) is 2.05. The maximum Gasteiger partial charge on any atom is 0.260 e. The zero-order valence-corrected chi connectivity index (χ0v) is 9.50. The Kier molecular flexibility index (Phi) is 2.79. The third-order valence-electron chi connectivity index (χ3n) is 2.46. The second kappa shape index (κ2) is 3.94. The van der Waals surface area contributed by atoms with E-state index in [0.29, 0.717) is 6.54 Å². The minimum atomic E-state index is -3.34. The first-order chi connectivity index (χ1) is 7.16. The zero-order chi connectivity index (χ0) is 10.9. The first-order valence-electron chi connectivity index (χ1n) is 5.17. The van der Waals surface area contributed by atoms with Crippen LogP contribution in [-0.2, 0) is 10.0 Å². The number of nitrogens with one attached hydrogen (secondary N) is 1. The quantitative estimate of drug-likeness (QED) is 0.818. The van der Waals surface area contributed by atoms with E-state index in [1.807, 2.05) is 6.92 Å². The van der Waals surface area contributed by atoms with Crippen LogP contribution in [0.4, 0.5) is 0 Å². The van der Waals surface area contributed by atoms with Crippen molar-refractivity contribution in [1.29, 1.82) is 0 Å². The van der Waals surface area contributed by atoms with Gasteiger partial charge in [0.25, 0.3) is 10.0 Å². The van der Waals surface area contributed by atoms with Gasteiger partial charge in [0.05, 0.1) is 6.20 Å². The first kappa shape index (κ1) is 10.6. The summed E-state index contributed by atoms with van der Waals surface area (Å²) in [6.45, 7) is 2.57. The number of rotatable bonds is 5. The van der Waals surface area contributed by atoms with Crippen molar-refractivity contribution < 1.29 is 8.42 Å². The molecule has 0 bridgehead atoms. The Bertz CT molecular complexity index is 409. The van der Waals surface area contributed by atoms with Gasteiger partial charge in [-0.05, 0) is 25.3 Å². The monoisotopic (exact) mass is 229 g/mol. The van der Waals surface area contributed by atoms with E-state index >= 15 is 0 Å². The Morgan fingerprint density at radius 2 is 2.33 bits per heavy atom. The predicted octanol–water partition coefficient (Wildman–Crippen LogP) is 0.973. The van der Waals surface area contributed by atoms with Crippen molar-refractivity contribution in [1.82, 2.24) is 14.5 Å². The molecule has 2 rings (SSSR count). The van der Waals surface area contributed by atoms with Crippen molar-refractivity contribution in [2.45, 2.75) is 37.3 Å². The van der Waals surface area contributed by atoms with Gasteiger partial charge >= 0.3 is 0 Å². The molecule has 0 amide bonds. The van der Waals surface area contributed by atoms with E-state index in [9.17, 15) is 8.42 Å². The van der Waals surface area contributed by atoms with E-state index in [2.05, 4.69) is 10.2 Å². The summed E-state index contributed by atoms with van der Waals surface area (Å²) in [5.41, 5.74) is 0. The molecule has 0 aromatic carbocycles. The molecular weight excluding hydrogens is 214 g/mol. The van der Waals surface area contributed by atoms with Crippen LogP contribution in [-0.4, -0.2) is 35.5 Å². The van der Waals surface area contributed by atoms with Gasteiger partial charge < -0.3 is 0 Å². The van der Waals surface area contributed by atoms with Gasteiger partial charge in [0.15, 0.2) is 5.03 Å². The highest BCUT2D eigenvalue weighted by atomic mass is 32.2. The van der Waals surface area contributed by atoms with E-state index < -0.39 is 10.0 Å². The summed E-state index contributed by atoms with van der Waals surface area (Å²) in [7, 11) is -3.34. The van der Waals surface area contributed by atoms with Gasteiger partial charge in [0.2, 0.25) is 0 Å². The smallest absolute Gasteiger partial charge is 0.260 e. The van der Waals surface area contributed by atoms with Crippen molar-refractivity contribution in [2.75, 3.05) is 6.54 Å². The van der Waals surface area contributed by atoms with Gasteiger partial charge in [-0.1, -0.05) is 6.92 Å². The molecular formula is C9H15N3O2S. The van der Waals surface area contributed by atoms with Crippen molar-refractivity contribution in [2.24, 2.45) is 0 Å². The molecule has 0 spiro atoms. The molecule has 0 saturated heterocycles. The summed E-state index contributed by atoms with van der Waals surface area (Å²) in [4.78, 5) is 0. The van der Waals surface area contributed by atoms with Gasteiger partial charge in [0.1, 0.15) is 0 Å². The van der Waals surface area contributed by atoms with Gasteiger partial charge in [0, 0.05) is 12.6 Å². The van der Waals surface area contributed by atoms with Crippen molar-refractivity contribution >= 4 is 10.0 Å². The maximum atomic E-state index is 12.1. The van der Waals surface area contributed by atoms with Crippen LogP contribution in [0.2, 0.25) is 0 Å². The highest BCUT2D eigenvalue weighted by Gasteiger charge is 2.37. The van der Waals surface area contributed by atoms with Crippen LogP contribution in [0.5, 0.6) is 0 Å². The molecule has 0 unspecified atom stereocenters. The fourth-order valence-corrected chi connectivity index (χ4v) is 3.27. The van der Waals surface area contributed by atoms with Crippen molar-refractivity contribution in [3.05, 3.63) is 12.3 Å². The van der Waals surface area contributed by atoms with Crippen LogP contribution in [0.1, 0.15) is 26.2 Å². The summed E-state index contributed by atoms with van der Waals surface area (Å²) in [6.07, 6.45) is 4.26. The van der Waals surface area contributed by atoms with Gasteiger partial charge in [-0.15, -0.1) is 0 Å². The topological polar surface area (TPSA) is 66.1 Å². The first-order valence-corrected chi connectivity index (χ1v) is 6.61. The number of sulfonamides is 1. The zero-order valence-electron chi connectivity index (χ0n) is 8.68. The van der Waals surface area contributed by atoms with Crippen LogP contribution in [0.25, 0.3) is 0 Å². The summed E-state index contributed by atoms with van der Waals surface area (Å²) in [5, 5.41) is 6.40. The van der Waals surface area contributed by atoms with E-state index in [1.165, 1.54) is 12.3 Å². The molecule has 1 N–H and O–H groups in total. The summed E-state index contributed by atoms with van der Waals surface area (Å²) < 4.78 is 25.8. The molecule has 0 radical (unpaired) electrons. The molecule has 1 aromatic rings. The molecule has 1 fully saturated rings. The molecule has 1 saturated carbocycles. The average molecular weight is 229 g/mol. The Morgan fingerprint density at radius 3 is 2.80 bits per heavy atom. The van der Waals surface area contributed by atoms with Crippen LogP contribution in [0.3, 0.4) is 0 Å². The number of hydrogen-bond acceptors (Lipinski definition) is 3. The Balaban J connectivity index is 2.26. The van der Waals surface area contributed by atoms with Crippen molar-refractivity contribution in [3.63, 3.8) is 0 Å². The third-order valence-corrected chi connectivity index (χ3v) is 4.34. The van der Waals surface area contributed by atoms with Crippen LogP contribution >= 0.6 is 0 Å². The fourth-order valence-electron chi connectivity index (χ4n) is 1.60. The highest BCUT2D eigenvalue weighted by Crippen LogP contribution is 2.31. The van der Waals surface area contributed by atoms with Gasteiger partial charge in [-0.25, -0.2) is 8.42 Å². The minimum Gasteiger partial charge on any atom is -0.266 e. The molecule has 1 aliphatic rings. The van der Waals surface area contributed by atoms with E-state index in [4.69, 9.17) is 0 Å². The maximum absolute atomic E-state index is 12.1. The van der Waals surface area contributed by atoms with Gasteiger partial charge in [-0.3, -0.25) is 5.10 Å². The number of H-pyrrole nitrogens is 1. The summed E-state index contributed by atoms with van der Waals surface area (Å²) in [5.74, 6) is 0. The lowest BCUT2D eigenvalue weighted by Crippen LogP contribution is -2.34. The fraction of sp³-hybridized carbons (Fsp3) is 0.667. The largest absolute Gasteiger partial charge is 0.266 e. The van der Waals surface area contributed by atoms with Gasteiger partial charge in [-0.2, -0.15) is 9.40 Å². The number of nitrogens with zero attached hydrogens (tertiary/aromatic N) is 2. The molecule has 0 atom stereocenters. The standard InChI is InChI=1S/C9H15N3O2S/c1-2-7-12(8-3-4-8)15(13,14)9-5-6-10-11-9/h5-6,8H,2-4,7H2,1H3,(H,10,11). The lowest BCUT2D eigenvalue weighted by molar-refractivity contribution is 0.401. The van der Waals surface area contributed by atoms with E-state index in [-0.39, 0.29) is 11.1 Å².